The van der Waals surface area contributed by atoms with Gasteiger partial charge in [0.25, 0.3) is 11.8 Å². The molecule has 1 fully saturated rings. The van der Waals surface area contributed by atoms with Crippen molar-refractivity contribution in [3.05, 3.63) is 64.1 Å². The van der Waals surface area contributed by atoms with Crippen LogP contribution in [0.25, 0.3) is 0 Å². The summed E-state index contributed by atoms with van der Waals surface area (Å²) in [6, 6.07) is 12.8. The first kappa shape index (κ1) is 25.9. The molecular weight excluding hydrogens is 522 g/mol. The standard InChI is InChI=1S/C24H24BrN3O7/c1-2-11-34-23(32)16-5-9-19(10-6-16)28-13-17(12-21(28)30)24(33)35-14-20(29)26-27-22(31)15-3-7-18(25)8-4-15/h3-10,17H,2,11-14H2,1H3,(H,26,29)(H,27,31)/t17-/m0/s1. The molecule has 0 spiro atoms. The van der Waals surface area contributed by atoms with Crippen LogP contribution in [0, 0.1) is 5.92 Å². The summed E-state index contributed by atoms with van der Waals surface area (Å²) in [5.41, 5.74) is 5.63. The average Bonchev–Trinajstić information content (AvgIpc) is 3.26. The van der Waals surface area contributed by atoms with Gasteiger partial charge in [-0.05, 0) is 55.0 Å². The molecule has 3 amide bonds. The van der Waals surface area contributed by atoms with E-state index in [1.165, 1.54) is 4.90 Å². The Labute approximate surface area is 210 Å². The first-order valence-corrected chi connectivity index (χ1v) is 11.7. The summed E-state index contributed by atoms with van der Waals surface area (Å²) in [5.74, 6) is -3.43. The normalized spacial score (nSPS) is 14.9. The Balaban J connectivity index is 1.45. The second-order valence-corrected chi connectivity index (χ2v) is 8.62. The fraction of sp³-hybridized carbons (Fsp3) is 0.292. The lowest BCUT2D eigenvalue weighted by Gasteiger charge is -2.17. The van der Waals surface area contributed by atoms with Crippen LogP contribution in [0.4, 0.5) is 5.69 Å². The number of rotatable bonds is 8. The van der Waals surface area contributed by atoms with Gasteiger partial charge in [0, 0.05) is 28.7 Å². The van der Waals surface area contributed by atoms with Gasteiger partial charge >= 0.3 is 11.9 Å². The van der Waals surface area contributed by atoms with Crippen molar-refractivity contribution in [2.24, 2.45) is 5.92 Å². The molecule has 2 aromatic rings. The number of hydrogen-bond donors (Lipinski definition) is 2. The van der Waals surface area contributed by atoms with Gasteiger partial charge in [-0.25, -0.2) is 4.79 Å². The van der Waals surface area contributed by atoms with E-state index >= 15 is 0 Å². The van der Waals surface area contributed by atoms with Crippen molar-refractivity contribution in [3.8, 4) is 0 Å². The van der Waals surface area contributed by atoms with Gasteiger partial charge < -0.3 is 14.4 Å². The maximum absolute atomic E-state index is 12.4. The number of hydrazine groups is 1. The molecule has 1 aliphatic rings. The van der Waals surface area contributed by atoms with Crippen LogP contribution < -0.4 is 15.8 Å². The first-order valence-electron chi connectivity index (χ1n) is 10.9. The van der Waals surface area contributed by atoms with Crippen molar-refractivity contribution < 1.29 is 33.4 Å². The zero-order chi connectivity index (χ0) is 25.4. The van der Waals surface area contributed by atoms with Crippen LogP contribution in [-0.4, -0.2) is 49.4 Å². The van der Waals surface area contributed by atoms with Crippen molar-refractivity contribution in [1.82, 2.24) is 10.9 Å². The van der Waals surface area contributed by atoms with Gasteiger partial charge in [0.1, 0.15) is 0 Å². The molecule has 1 atom stereocenters. The molecule has 2 N–H and O–H groups in total. The highest BCUT2D eigenvalue weighted by atomic mass is 79.9. The first-order chi connectivity index (χ1) is 16.8. The van der Waals surface area contributed by atoms with Crippen LogP contribution in [0.15, 0.2) is 53.0 Å². The summed E-state index contributed by atoms with van der Waals surface area (Å²) >= 11 is 3.26. The van der Waals surface area contributed by atoms with Gasteiger partial charge in [-0.15, -0.1) is 0 Å². The lowest BCUT2D eigenvalue weighted by atomic mass is 10.1. The molecule has 11 heteroatoms. The summed E-state index contributed by atoms with van der Waals surface area (Å²) in [5, 5.41) is 0. The largest absolute Gasteiger partial charge is 0.462 e. The molecule has 35 heavy (non-hydrogen) atoms. The Morgan fingerprint density at radius 2 is 1.63 bits per heavy atom. The fourth-order valence-corrected chi connectivity index (χ4v) is 3.53. The van der Waals surface area contributed by atoms with E-state index in [2.05, 4.69) is 26.8 Å². The number of anilines is 1. The summed E-state index contributed by atoms with van der Waals surface area (Å²) < 4.78 is 10.9. The van der Waals surface area contributed by atoms with Crippen molar-refractivity contribution in [1.29, 1.82) is 0 Å². The Kier molecular flexibility index (Phi) is 8.96. The fourth-order valence-electron chi connectivity index (χ4n) is 3.26. The number of benzene rings is 2. The molecule has 2 aromatic carbocycles. The molecule has 184 valence electrons. The lowest BCUT2D eigenvalue weighted by Crippen LogP contribution is -2.43. The zero-order valence-electron chi connectivity index (χ0n) is 18.9. The van der Waals surface area contributed by atoms with E-state index in [9.17, 15) is 24.0 Å². The minimum absolute atomic E-state index is 0.0684. The van der Waals surface area contributed by atoms with E-state index in [-0.39, 0.29) is 18.9 Å². The van der Waals surface area contributed by atoms with Crippen molar-refractivity contribution in [2.45, 2.75) is 19.8 Å². The number of halogens is 1. The van der Waals surface area contributed by atoms with E-state index < -0.39 is 36.3 Å². The molecule has 1 aliphatic heterocycles. The summed E-state index contributed by atoms with van der Waals surface area (Å²) in [7, 11) is 0. The molecule has 0 radical (unpaired) electrons. The number of nitrogens with one attached hydrogen (secondary N) is 2. The summed E-state index contributed by atoms with van der Waals surface area (Å²) in [4.78, 5) is 62.1. The van der Waals surface area contributed by atoms with E-state index in [1.54, 1.807) is 48.5 Å². The van der Waals surface area contributed by atoms with Crippen LogP contribution in [0.3, 0.4) is 0 Å². The Morgan fingerprint density at radius 1 is 0.971 bits per heavy atom. The summed E-state index contributed by atoms with van der Waals surface area (Å²) in [6.07, 6.45) is 0.646. The molecule has 0 aliphatic carbocycles. The maximum Gasteiger partial charge on any atom is 0.338 e. The summed E-state index contributed by atoms with van der Waals surface area (Å²) in [6.45, 7) is 1.69. The van der Waals surface area contributed by atoms with E-state index in [1.807, 2.05) is 6.92 Å². The van der Waals surface area contributed by atoms with Crippen LogP contribution in [0.1, 0.15) is 40.5 Å². The van der Waals surface area contributed by atoms with Gasteiger partial charge in [-0.1, -0.05) is 22.9 Å². The smallest absolute Gasteiger partial charge is 0.338 e. The second-order valence-electron chi connectivity index (χ2n) is 7.71. The number of esters is 2. The van der Waals surface area contributed by atoms with Gasteiger partial charge in [0.15, 0.2) is 6.61 Å². The molecule has 3 rings (SSSR count). The monoisotopic (exact) mass is 545 g/mol. The average molecular weight is 546 g/mol. The number of ether oxygens (including phenoxy) is 2. The lowest BCUT2D eigenvalue weighted by molar-refractivity contribution is -0.152. The quantitative estimate of drug-likeness (QED) is 0.384. The number of amides is 3. The SMILES string of the molecule is CCCOC(=O)c1ccc(N2C[C@@H](C(=O)OCC(=O)NNC(=O)c3ccc(Br)cc3)CC2=O)cc1. The predicted molar refractivity (Wildman–Crippen MR) is 128 cm³/mol. The van der Waals surface area contributed by atoms with Crippen molar-refractivity contribution >= 4 is 51.3 Å². The topological polar surface area (TPSA) is 131 Å². The number of carbonyl (C=O) groups is 5. The molecule has 0 saturated carbocycles. The third-order valence-electron chi connectivity index (χ3n) is 5.08. The van der Waals surface area contributed by atoms with E-state index in [4.69, 9.17) is 9.47 Å². The molecule has 1 heterocycles. The Bertz CT molecular complexity index is 1100. The van der Waals surface area contributed by atoms with Crippen molar-refractivity contribution in [3.63, 3.8) is 0 Å². The van der Waals surface area contributed by atoms with Crippen LogP contribution in [-0.2, 0) is 23.9 Å². The predicted octanol–water partition coefficient (Wildman–Crippen LogP) is 2.37. The van der Waals surface area contributed by atoms with Crippen LogP contribution in [0.2, 0.25) is 0 Å². The van der Waals surface area contributed by atoms with Gasteiger partial charge in [0.2, 0.25) is 5.91 Å². The molecule has 10 nitrogen and oxygen atoms in total. The molecular formula is C24H24BrN3O7. The Hall–Kier alpha value is -3.73. The number of hydrogen-bond acceptors (Lipinski definition) is 7. The third-order valence-corrected chi connectivity index (χ3v) is 5.61. The van der Waals surface area contributed by atoms with Gasteiger partial charge in [0.05, 0.1) is 18.1 Å². The zero-order valence-corrected chi connectivity index (χ0v) is 20.5. The highest BCUT2D eigenvalue weighted by Crippen LogP contribution is 2.26. The van der Waals surface area contributed by atoms with E-state index in [0.717, 1.165) is 4.47 Å². The molecule has 0 bridgehead atoms. The third kappa shape index (κ3) is 7.12. The minimum Gasteiger partial charge on any atom is -0.462 e. The van der Waals surface area contributed by atoms with Crippen LogP contribution in [0.5, 0.6) is 0 Å². The second kappa shape index (κ2) is 12.1. The van der Waals surface area contributed by atoms with Gasteiger partial charge in [-0.3, -0.25) is 30.0 Å². The number of nitrogens with zero attached hydrogens (tertiary/aromatic N) is 1. The highest BCUT2D eigenvalue weighted by molar-refractivity contribution is 9.10. The minimum atomic E-state index is -0.748. The molecule has 1 saturated heterocycles. The van der Waals surface area contributed by atoms with E-state index in [0.29, 0.717) is 29.8 Å². The van der Waals surface area contributed by atoms with Gasteiger partial charge in [-0.2, -0.15) is 0 Å². The molecule has 0 aromatic heterocycles. The Morgan fingerprint density at radius 3 is 2.29 bits per heavy atom. The van der Waals surface area contributed by atoms with Crippen LogP contribution >= 0.6 is 15.9 Å². The maximum atomic E-state index is 12.4. The molecule has 0 unspecified atom stereocenters. The number of carbonyl (C=O) groups excluding carboxylic acids is 5. The van der Waals surface area contributed by atoms with Crippen molar-refractivity contribution in [2.75, 3.05) is 24.7 Å². The highest BCUT2D eigenvalue weighted by Gasteiger charge is 2.36.